The molecule has 1 N–H and O–H groups in total. The van der Waals surface area contributed by atoms with Gasteiger partial charge in [0.05, 0.1) is 12.7 Å². The molecular weight excluding hydrogens is 216 g/mol. The lowest BCUT2D eigenvalue weighted by Crippen LogP contribution is -2.26. The third kappa shape index (κ3) is 5.20. The lowest BCUT2D eigenvalue weighted by Gasteiger charge is -2.22. The standard InChI is InChI=1S/C14H22O3/c1-14(15,10-11-16-2)9-8-12-4-6-13(17-3)7-5-12/h4-7,15H,8-11H2,1-3H3. The summed E-state index contributed by atoms with van der Waals surface area (Å²) < 4.78 is 10.1. The Morgan fingerprint density at radius 3 is 2.29 bits per heavy atom. The number of hydrogen-bond donors (Lipinski definition) is 1. The molecule has 0 heterocycles. The van der Waals surface area contributed by atoms with Gasteiger partial charge in [-0.2, -0.15) is 0 Å². The third-order valence-electron chi connectivity index (χ3n) is 2.96. The smallest absolute Gasteiger partial charge is 0.118 e. The van der Waals surface area contributed by atoms with E-state index in [1.165, 1.54) is 5.56 Å². The summed E-state index contributed by atoms with van der Waals surface area (Å²) in [6, 6.07) is 7.95. The summed E-state index contributed by atoms with van der Waals surface area (Å²) in [6.45, 7) is 2.45. The van der Waals surface area contributed by atoms with E-state index in [-0.39, 0.29) is 0 Å². The van der Waals surface area contributed by atoms with Crippen molar-refractivity contribution in [3.05, 3.63) is 29.8 Å². The van der Waals surface area contributed by atoms with Gasteiger partial charge in [-0.15, -0.1) is 0 Å². The number of hydrogen-bond acceptors (Lipinski definition) is 3. The second kappa shape index (κ2) is 6.62. The first-order chi connectivity index (χ1) is 8.07. The van der Waals surface area contributed by atoms with Crippen molar-refractivity contribution in [2.75, 3.05) is 20.8 Å². The molecular formula is C14H22O3. The van der Waals surface area contributed by atoms with Crippen LogP contribution in [0.4, 0.5) is 0 Å². The number of benzene rings is 1. The van der Waals surface area contributed by atoms with Crippen LogP contribution in [0.15, 0.2) is 24.3 Å². The predicted molar refractivity (Wildman–Crippen MR) is 68.4 cm³/mol. The number of rotatable bonds is 7. The Morgan fingerprint density at radius 1 is 1.12 bits per heavy atom. The Balaban J connectivity index is 2.43. The van der Waals surface area contributed by atoms with Gasteiger partial charge in [-0.05, 0) is 43.9 Å². The zero-order valence-electron chi connectivity index (χ0n) is 10.9. The van der Waals surface area contributed by atoms with Gasteiger partial charge in [0, 0.05) is 13.7 Å². The Labute approximate surface area is 103 Å². The van der Waals surface area contributed by atoms with E-state index in [0.29, 0.717) is 13.0 Å². The van der Waals surface area contributed by atoms with Crippen LogP contribution >= 0.6 is 0 Å². The average Bonchev–Trinajstić information content (AvgIpc) is 2.35. The molecule has 0 saturated heterocycles. The Bertz CT molecular complexity index is 317. The van der Waals surface area contributed by atoms with Crippen molar-refractivity contribution in [3.8, 4) is 5.75 Å². The minimum atomic E-state index is -0.657. The molecule has 0 amide bonds. The molecule has 1 aromatic carbocycles. The van der Waals surface area contributed by atoms with Crippen LogP contribution in [0, 0.1) is 0 Å². The monoisotopic (exact) mass is 238 g/mol. The van der Waals surface area contributed by atoms with E-state index in [2.05, 4.69) is 0 Å². The molecule has 0 spiro atoms. The first-order valence-corrected chi connectivity index (χ1v) is 5.91. The fourth-order valence-corrected chi connectivity index (χ4v) is 1.65. The first kappa shape index (κ1) is 14.0. The fraction of sp³-hybridized carbons (Fsp3) is 0.571. The van der Waals surface area contributed by atoms with E-state index in [1.54, 1.807) is 14.2 Å². The quantitative estimate of drug-likeness (QED) is 0.793. The van der Waals surface area contributed by atoms with Gasteiger partial charge in [0.15, 0.2) is 0 Å². The zero-order valence-corrected chi connectivity index (χ0v) is 10.9. The van der Waals surface area contributed by atoms with Gasteiger partial charge in [0.1, 0.15) is 5.75 Å². The number of aliphatic hydroxyl groups is 1. The molecule has 0 fully saturated rings. The Kier molecular flexibility index (Phi) is 5.45. The van der Waals surface area contributed by atoms with Crippen LogP contribution in [0.5, 0.6) is 5.75 Å². The van der Waals surface area contributed by atoms with Crippen molar-refractivity contribution >= 4 is 0 Å². The highest BCUT2D eigenvalue weighted by Gasteiger charge is 2.19. The van der Waals surface area contributed by atoms with E-state index >= 15 is 0 Å². The van der Waals surface area contributed by atoms with Gasteiger partial charge in [-0.1, -0.05) is 12.1 Å². The van der Waals surface area contributed by atoms with E-state index < -0.39 is 5.60 Å². The molecule has 1 rings (SSSR count). The molecule has 1 aromatic rings. The molecule has 0 radical (unpaired) electrons. The van der Waals surface area contributed by atoms with Gasteiger partial charge >= 0.3 is 0 Å². The van der Waals surface area contributed by atoms with E-state index in [9.17, 15) is 5.11 Å². The average molecular weight is 238 g/mol. The van der Waals surface area contributed by atoms with Crippen LogP contribution in [-0.4, -0.2) is 31.5 Å². The van der Waals surface area contributed by atoms with Crippen LogP contribution < -0.4 is 4.74 Å². The summed E-state index contributed by atoms with van der Waals surface area (Å²) >= 11 is 0. The molecule has 0 aliphatic carbocycles. The highest BCUT2D eigenvalue weighted by Crippen LogP contribution is 2.19. The topological polar surface area (TPSA) is 38.7 Å². The molecule has 0 aliphatic heterocycles. The van der Waals surface area contributed by atoms with E-state index in [1.807, 2.05) is 31.2 Å². The van der Waals surface area contributed by atoms with Gasteiger partial charge in [-0.3, -0.25) is 0 Å². The lowest BCUT2D eigenvalue weighted by atomic mass is 9.94. The van der Waals surface area contributed by atoms with Crippen molar-refractivity contribution in [1.29, 1.82) is 0 Å². The normalized spacial score (nSPS) is 14.4. The number of ether oxygens (including phenoxy) is 2. The second-order valence-corrected chi connectivity index (χ2v) is 4.59. The maximum atomic E-state index is 10.1. The van der Waals surface area contributed by atoms with Crippen LogP contribution in [-0.2, 0) is 11.2 Å². The zero-order chi connectivity index (χ0) is 12.7. The summed E-state index contributed by atoms with van der Waals surface area (Å²) in [6.07, 6.45) is 2.27. The minimum absolute atomic E-state index is 0.593. The van der Waals surface area contributed by atoms with Crippen molar-refractivity contribution in [2.45, 2.75) is 31.8 Å². The lowest BCUT2D eigenvalue weighted by molar-refractivity contribution is 0.0176. The van der Waals surface area contributed by atoms with Crippen molar-refractivity contribution in [1.82, 2.24) is 0 Å². The SMILES string of the molecule is COCCC(C)(O)CCc1ccc(OC)cc1. The van der Waals surface area contributed by atoms with Crippen molar-refractivity contribution in [2.24, 2.45) is 0 Å². The molecule has 96 valence electrons. The molecule has 3 heteroatoms. The van der Waals surface area contributed by atoms with Crippen molar-refractivity contribution < 1.29 is 14.6 Å². The minimum Gasteiger partial charge on any atom is -0.497 e. The van der Waals surface area contributed by atoms with Crippen LogP contribution in [0.2, 0.25) is 0 Å². The summed E-state index contributed by atoms with van der Waals surface area (Å²) in [4.78, 5) is 0. The number of aryl methyl sites for hydroxylation is 1. The van der Waals surface area contributed by atoms with Crippen molar-refractivity contribution in [3.63, 3.8) is 0 Å². The van der Waals surface area contributed by atoms with E-state index in [4.69, 9.17) is 9.47 Å². The highest BCUT2D eigenvalue weighted by atomic mass is 16.5. The Morgan fingerprint density at radius 2 is 1.76 bits per heavy atom. The summed E-state index contributed by atoms with van der Waals surface area (Å²) in [5.74, 6) is 0.861. The molecule has 3 nitrogen and oxygen atoms in total. The highest BCUT2D eigenvalue weighted by molar-refractivity contribution is 5.27. The molecule has 1 atom stereocenters. The van der Waals surface area contributed by atoms with Gasteiger partial charge in [0.2, 0.25) is 0 Å². The van der Waals surface area contributed by atoms with Gasteiger partial charge < -0.3 is 14.6 Å². The molecule has 0 bridgehead atoms. The number of methoxy groups -OCH3 is 2. The summed E-state index contributed by atoms with van der Waals surface area (Å²) in [7, 11) is 3.31. The Hall–Kier alpha value is -1.06. The molecule has 0 saturated carbocycles. The van der Waals surface area contributed by atoms with Crippen LogP contribution in [0.3, 0.4) is 0 Å². The maximum Gasteiger partial charge on any atom is 0.118 e. The summed E-state index contributed by atoms with van der Waals surface area (Å²) in [5, 5.41) is 10.1. The maximum absolute atomic E-state index is 10.1. The van der Waals surface area contributed by atoms with Gasteiger partial charge in [-0.25, -0.2) is 0 Å². The van der Waals surface area contributed by atoms with E-state index in [0.717, 1.165) is 18.6 Å². The predicted octanol–water partition coefficient (Wildman–Crippen LogP) is 2.42. The molecule has 17 heavy (non-hydrogen) atoms. The van der Waals surface area contributed by atoms with Crippen LogP contribution in [0.25, 0.3) is 0 Å². The molecule has 0 aliphatic rings. The van der Waals surface area contributed by atoms with Gasteiger partial charge in [0.25, 0.3) is 0 Å². The molecule has 1 unspecified atom stereocenters. The second-order valence-electron chi connectivity index (χ2n) is 4.59. The first-order valence-electron chi connectivity index (χ1n) is 5.91. The third-order valence-corrected chi connectivity index (χ3v) is 2.96. The van der Waals surface area contributed by atoms with Crippen LogP contribution in [0.1, 0.15) is 25.3 Å². The fourth-order valence-electron chi connectivity index (χ4n) is 1.65. The summed E-state index contributed by atoms with van der Waals surface area (Å²) in [5.41, 5.74) is 0.555. The molecule has 0 aromatic heterocycles. The largest absolute Gasteiger partial charge is 0.497 e.